The Morgan fingerprint density at radius 3 is 1.85 bits per heavy atom. The molecule has 2 rings (SSSR count). The summed E-state index contributed by atoms with van der Waals surface area (Å²) in [5.41, 5.74) is 7.17. The van der Waals surface area contributed by atoms with Gasteiger partial charge in [-0.15, -0.1) is 0 Å². The Bertz CT molecular complexity index is 282. The van der Waals surface area contributed by atoms with Gasteiger partial charge in [0.05, 0.1) is 0 Å². The van der Waals surface area contributed by atoms with Crippen molar-refractivity contribution in [1.82, 2.24) is 4.90 Å². The van der Waals surface area contributed by atoms with Crippen molar-refractivity contribution in [1.29, 1.82) is 0 Å². The first-order valence-electron chi connectivity index (χ1n) is 8.88. The summed E-state index contributed by atoms with van der Waals surface area (Å²) in [5, 5.41) is 0. The van der Waals surface area contributed by atoms with Gasteiger partial charge in [-0.25, -0.2) is 0 Å². The molecule has 3 atom stereocenters. The first-order valence-corrected chi connectivity index (χ1v) is 8.88. The van der Waals surface area contributed by atoms with Crippen LogP contribution in [0.2, 0.25) is 0 Å². The summed E-state index contributed by atoms with van der Waals surface area (Å²) in [7, 11) is 4.53. The van der Waals surface area contributed by atoms with Crippen molar-refractivity contribution >= 4 is 0 Å². The minimum absolute atomic E-state index is 0.262. The van der Waals surface area contributed by atoms with E-state index in [2.05, 4.69) is 32.8 Å². The molecule has 0 aliphatic heterocycles. The third kappa shape index (κ3) is 3.39. The van der Waals surface area contributed by atoms with Crippen LogP contribution in [0, 0.1) is 17.8 Å². The maximum atomic E-state index is 6.91. The lowest BCUT2D eigenvalue weighted by Crippen LogP contribution is -2.60. The second kappa shape index (κ2) is 6.79. The number of rotatable bonds is 3. The Morgan fingerprint density at radius 2 is 1.40 bits per heavy atom. The molecule has 2 aliphatic carbocycles. The second-order valence-electron chi connectivity index (χ2n) is 8.12. The molecule has 0 spiro atoms. The SMILES string of the molecule is CC1CC(C)CC(C(N)C2(N(C)C)CCCCCC2)C1. The average molecular weight is 280 g/mol. The van der Waals surface area contributed by atoms with Crippen molar-refractivity contribution in [2.24, 2.45) is 23.5 Å². The first kappa shape index (κ1) is 16.3. The van der Waals surface area contributed by atoms with Crippen molar-refractivity contribution in [3.63, 3.8) is 0 Å². The topological polar surface area (TPSA) is 29.3 Å². The molecule has 0 saturated heterocycles. The average Bonchev–Trinajstić information content (AvgIpc) is 2.63. The second-order valence-corrected chi connectivity index (χ2v) is 8.12. The Balaban J connectivity index is 2.15. The van der Waals surface area contributed by atoms with Crippen LogP contribution in [-0.4, -0.2) is 30.6 Å². The van der Waals surface area contributed by atoms with E-state index < -0.39 is 0 Å². The van der Waals surface area contributed by atoms with Gasteiger partial charge in [0.15, 0.2) is 0 Å². The number of nitrogens with two attached hydrogens (primary N) is 1. The fraction of sp³-hybridized carbons (Fsp3) is 1.00. The van der Waals surface area contributed by atoms with Crippen LogP contribution in [0.25, 0.3) is 0 Å². The molecular weight excluding hydrogens is 244 g/mol. The summed E-state index contributed by atoms with van der Waals surface area (Å²) in [6, 6.07) is 0.362. The number of nitrogens with zero attached hydrogens (tertiary/aromatic N) is 1. The Morgan fingerprint density at radius 1 is 0.900 bits per heavy atom. The molecule has 2 aliphatic rings. The minimum atomic E-state index is 0.262. The van der Waals surface area contributed by atoms with Crippen molar-refractivity contribution in [2.45, 2.75) is 83.2 Å². The number of likely N-dealkylation sites (N-methyl/N-ethyl adjacent to an activating group) is 1. The molecule has 0 radical (unpaired) electrons. The predicted octanol–water partition coefficient (Wildman–Crippen LogP) is 4.04. The van der Waals surface area contributed by atoms with E-state index in [-0.39, 0.29) is 5.54 Å². The molecule has 0 aromatic heterocycles. The molecule has 118 valence electrons. The van der Waals surface area contributed by atoms with E-state index in [1.165, 1.54) is 57.8 Å². The summed E-state index contributed by atoms with van der Waals surface area (Å²) in [6.07, 6.45) is 12.2. The fourth-order valence-corrected chi connectivity index (χ4v) is 5.16. The van der Waals surface area contributed by atoms with Gasteiger partial charge in [0.25, 0.3) is 0 Å². The first-order chi connectivity index (χ1) is 9.45. The monoisotopic (exact) mass is 280 g/mol. The molecule has 2 nitrogen and oxygen atoms in total. The third-order valence-electron chi connectivity index (χ3n) is 6.20. The lowest BCUT2D eigenvalue weighted by molar-refractivity contribution is 0.0465. The molecule has 20 heavy (non-hydrogen) atoms. The van der Waals surface area contributed by atoms with Crippen LogP contribution in [0.1, 0.15) is 71.6 Å². The van der Waals surface area contributed by atoms with E-state index in [1.807, 2.05) is 0 Å². The summed E-state index contributed by atoms with van der Waals surface area (Å²) >= 11 is 0. The molecule has 0 aromatic carbocycles. The lowest BCUT2D eigenvalue weighted by atomic mass is 9.67. The van der Waals surface area contributed by atoms with E-state index in [4.69, 9.17) is 5.73 Å². The highest BCUT2D eigenvalue weighted by Crippen LogP contribution is 2.42. The predicted molar refractivity (Wildman–Crippen MR) is 87.8 cm³/mol. The van der Waals surface area contributed by atoms with Gasteiger partial charge in [-0.2, -0.15) is 0 Å². The molecule has 2 heteroatoms. The van der Waals surface area contributed by atoms with Gasteiger partial charge in [0.2, 0.25) is 0 Å². The highest BCUT2D eigenvalue weighted by molar-refractivity contribution is 5.02. The molecule has 0 bridgehead atoms. The molecule has 2 N–H and O–H groups in total. The van der Waals surface area contributed by atoms with Gasteiger partial charge < -0.3 is 10.6 Å². The molecule has 3 unspecified atom stereocenters. The van der Waals surface area contributed by atoms with Gasteiger partial charge >= 0.3 is 0 Å². The number of hydrogen-bond acceptors (Lipinski definition) is 2. The normalized spacial score (nSPS) is 36.6. The summed E-state index contributed by atoms with van der Waals surface area (Å²) in [5.74, 6) is 2.45. The van der Waals surface area contributed by atoms with Crippen molar-refractivity contribution < 1.29 is 0 Å². The smallest absolute Gasteiger partial charge is 0.0357 e. The third-order valence-corrected chi connectivity index (χ3v) is 6.20. The molecule has 0 aromatic rings. The largest absolute Gasteiger partial charge is 0.326 e. The van der Waals surface area contributed by atoms with Gasteiger partial charge in [-0.1, -0.05) is 39.5 Å². The maximum absolute atomic E-state index is 6.91. The molecule has 0 heterocycles. The van der Waals surface area contributed by atoms with Crippen LogP contribution in [0.4, 0.5) is 0 Å². The fourth-order valence-electron chi connectivity index (χ4n) is 5.16. The van der Waals surface area contributed by atoms with Crippen molar-refractivity contribution in [3.05, 3.63) is 0 Å². The zero-order chi connectivity index (χ0) is 14.8. The van der Waals surface area contributed by atoms with Crippen LogP contribution < -0.4 is 5.73 Å². The highest BCUT2D eigenvalue weighted by atomic mass is 15.2. The molecule has 0 amide bonds. The van der Waals surface area contributed by atoms with Crippen molar-refractivity contribution in [2.75, 3.05) is 14.1 Å². The van der Waals surface area contributed by atoms with Crippen LogP contribution >= 0.6 is 0 Å². The molecule has 2 fully saturated rings. The van der Waals surface area contributed by atoms with E-state index in [0.717, 1.165) is 17.8 Å². The minimum Gasteiger partial charge on any atom is -0.326 e. The van der Waals surface area contributed by atoms with Crippen LogP contribution in [0.3, 0.4) is 0 Å². The summed E-state index contributed by atoms with van der Waals surface area (Å²) in [4.78, 5) is 2.48. The Kier molecular flexibility index (Phi) is 5.53. The Labute approximate surface area is 126 Å². The van der Waals surface area contributed by atoms with E-state index in [1.54, 1.807) is 0 Å². The zero-order valence-electron chi connectivity index (χ0n) is 14.2. The van der Waals surface area contributed by atoms with E-state index in [9.17, 15) is 0 Å². The quantitative estimate of drug-likeness (QED) is 0.791. The molecular formula is C18H36N2. The highest BCUT2D eigenvalue weighted by Gasteiger charge is 2.43. The standard InChI is InChI=1S/C18H36N2/c1-14-11-15(2)13-16(12-14)17(19)18(20(3)4)9-7-5-6-8-10-18/h14-17H,5-13,19H2,1-4H3. The van der Waals surface area contributed by atoms with E-state index in [0.29, 0.717) is 6.04 Å². The lowest BCUT2D eigenvalue weighted by Gasteiger charge is -2.49. The van der Waals surface area contributed by atoms with Gasteiger partial charge in [0.1, 0.15) is 0 Å². The van der Waals surface area contributed by atoms with Gasteiger partial charge in [-0.05, 0) is 64.0 Å². The zero-order valence-corrected chi connectivity index (χ0v) is 14.2. The summed E-state index contributed by atoms with van der Waals surface area (Å²) < 4.78 is 0. The van der Waals surface area contributed by atoms with Gasteiger partial charge in [0, 0.05) is 11.6 Å². The van der Waals surface area contributed by atoms with Crippen LogP contribution in [0.15, 0.2) is 0 Å². The van der Waals surface area contributed by atoms with Crippen LogP contribution in [-0.2, 0) is 0 Å². The van der Waals surface area contributed by atoms with E-state index >= 15 is 0 Å². The summed E-state index contributed by atoms with van der Waals surface area (Å²) in [6.45, 7) is 4.84. The van der Waals surface area contributed by atoms with Gasteiger partial charge in [-0.3, -0.25) is 0 Å². The Hall–Kier alpha value is -0.0800. The molecule has 2 saturated carbocycles. The number of hydrogen-bond donors (Lipinski definition) is 1. The van der Waals surface area contributed by atoms with Crippen molar-refractivity contribution in [3.8, 4) is 0 Å². The maximum Gasteiger partial charge on any atom is 0.0357 e. The van der Waals surface area contributed by atoms with Crippen LogP contribution in [0.5, 0.6) is 0 Å².